The number of rotatable bonds is 3. The molecule has 0 aliphatic rings. The Morgan fingerprint density at radius 3 is 2.59 bits per heavy atom. The molecule has 1 aromatic heterocycles. The fourth-order valence-corrected chi connectivity index (χ4v) is 2.01. The van der Waals surface area contributed by atoms with E-state index >= 15 is 0 Å². The van der Waals surface area contributed by atoms with E-state index < -0.39 is 5.97 Å². The first-order valence-electron chi connectivity index (χ1n) is 5.71. The quantitative estimate of drug-likeness (QED) is 0.883. The van der Waals surface area contributed by atoms with Gasteiger partial charge in [0.2, 0.25) is 0 Å². The molecule has 4 nitrogen and oxygen atoms in total. The van der Waals surface area contributed by atoms with Crippen molar-refractivity contribution >= 4 is 17.0 Å². The lowest BCUT2D eigenvalue weighted by molar-refractivity contribution is -0.137. The maximum atomic E-state index is 10.9. The number of fused-ring (bicyclic) bond motifs is 1. The van der Waals surface area contributed by atoms with Crippen LogP contribution in [0.15, 0.2) is 12.1 Å². The number of aryl methyl sites for hydroxylation is 3. The molecular weight excluding hydrogens is 216 g/mol. The van der Waals surface area contributed by atoms with Crippen LogP contribution in [-0.4, -0.2) is 20.6 Å². The summed E-state index contributed by atoms with van der Waals surface area (Å²) < 4.78 is 1.78. The molecule has 2 aromatic rings. The van der Waals surface area contributed by atoms with Crippen LogP contribution in [0.5, 0.6) is 0 Å². The van der Waals surface area contributed by atoms with E-state index in [2.05, 4.69) is 4.98 Å². The molecule has 1 aromatic carbocycles. The Labute approximate surface area is 99.9 Å². The first kappa shape index (κ1) is 11.6. The molecule has 90 valence electrons. The van der Waals surface area contributed by atoms with E-state index in [1.54, 1.807) is 4.57 Å². The number of carboxylic acid groups (broad SMARTS) is 1. The minimum Gasteiger partial charge on any atom is -0.480 e. The van der Waals surface area contributed by atoms with Gasteiger partial charge in [-0.05, 0) is 37.1 Å². The molecule has 2 rings (SSSR count). The summed E-state index contributed by atoms with van der Waals surface area (Å²) in [5.41, 5.74) is 4.13. The highest BCUT2D eigenvalue weighted by Gasteiger charge is 2.12. The second-order valence-corrected chi connectivity index (χ2v) is 4.29. The van der Waals surface area contributed by atoms with Crippen LogP contribution in [0.1, 0.15) is 23.9 Å². The van der Waals surface area contributed by atoms with Gasteiger partial charge in [0.05, 0.1) is 11.0 Å². The Balaban J connectivity index is 2.69. The lowest BCUT2D eigenvalue weighted by Crippen LogP contribution is -2.11. The number of carboxylic acids is 1. The topological polar surface area (TPSA) is 55.1 Å². The largest absolute Gasteiger partial charge is 0.480 e. The first-order valence-corrected chi connectivity index (χ1v) is 5.71. The van der Waals surface area contributed by atoms with Crippen LogP contribution >= 0.6 is 0 Å². The molecule has 0 radical (unpaired) electrons. The minimum atomic E-state index is -0.836. The summed E-state index contributed by atoms with van der Waals surface area (Å²) in [6.45, 7) is 6.02. The van der Waals surface area contributed by atoms with Crippen molar-refractivity contribution in [1.29, 1.82) is 0 Å². The standard InChI is InChI=1S/C13H16N2O2/c1-4-12-14-10-5-8(2)9(3)6-11(10)15(12)7-13(16)17/h5-6H,4,7H2,1-3H3,(H,16,17). The van der Waals surface area contributed by atoms with Crippen molar-refractivity contribution in [3.63, 3.8) is 0 Å². The summed E-state index contributed by atoms with van der Waals surface area (Å²) in [6.07, 6.45) is 0.736. The lowest BCUT2D eigenvalue weighted by Gasteiger charge is -2.05. The second kappa shape index (κ2) is 4.20. The number of carbonyl (C=O) groups is 1. The van der Waals surface area contributed by atoms with E-state index in [0.717, 1.165) is 28.8 Å². The molecule has 1 N–H and O–H groups in total. The Kier molecular flexibility index (Phi) is 2.88. The van der Waals surface area contributed by atoms with Crippen molar-refractivity contribution in [1.82, 2.24) is 9.55 Å². The summed E-state index contributed by atoms with van der Waals surface area (Å²) in [6, 6.07) is 4.03. The highest BCUT2D eigenvalue weighted by Crippen LogP contribution is 2.21. The molecule has 4 heteroatoms. The van der Waals surface area contributed by atoms with Crippen LogP contribution in [0.25, 0.3) is 11.0 Å². The van der Waals surface area contributed by atoms with Crippen molar-refractivity contribution < 1.29 is 9.90 Å². The zero-order chi connectivity index (χ0) is 12.6. The number of imidazole rings is 1. The zero-order valence-electron chi connectivity index (χ0n) is 10.3. The third-order valence-electron chi connectivity index (χ3n) is 3.05. The molecule has 0 saturated carbocycles. The number of nitrogens with zero attached hydrogens (tertiary/aromatic N) is 2. The smallest absolute Gasteiger partial charge is 0.323 e. The number of hydrogen-bond acceptors (Lipinski definition) is 2. The maximum absolute atomic E-state index is 10.9. The van der Waals surface area contributed by atoms with E-state index in [0.29, 0.717) is 0 Å². The third kappa shape index (κ3) is 2.02. The fourth-order valence-electron chi connectivity index (χ4n) is 2.01. The van der Waals surface area contributed by atoms with Crippen molar-refractivity contribution in [2.45, 2.75) is 33.7 Å². The SMILES string of the molecule is CCc1nc2cc(C)c(C)cc2n1CC(=O)O. The van der Waals surface area contributed by atoms with Gasteiger partial charge in [0, 0.05) is 6.42 Å². The van der Waals surface area contributed by atoms with Crippen molar-refractivity contribution in [3.05, 3.63) is 29.1 Å². The van der Waals surface area contributed by atoms with Gasteiger partial charge in [-0.2, -0.15) is 0 Å². The molecule has 0 unspecified atom stereocenters. The highest BCUT2D eigenvalue weighted by molar-refractivity contribution is 5.80. The number of aliphatic carboxylic acids is 1. The second-order valence-electron chi connectivity index (χ2n) is 4.29. The van der Waals surface area contributed by atoms with Gasteiger partial charge in [0.15, 0.2) is 0 Å². The predicted molar refractivity (Wildman–Crippen MR) is 66.2 cm³/mol. The normalized spacial score (nSPS) is 11.0. The summed E-state index contributed by atoms with van der Waals surface area (Å²) in [5.74, 6) is -0.00960. The minimum absolute atomic E-state index is 0.0256. The van der Waals surface area contributed by atoms with E-state index in [-0.39, 0.29) is 6.54 Å². The van der Waals surface area contributed by atoms with Gasteiger partial charge in [0.25, 0.3) is 0 Å². The first-order chi connectivity index (χ1) is 8.02. The Bertz CT molecular complexity index is 585. The molecular formula is C13H16N2O2. The molecule has 17 heavy (non-hydrogen) atoms. The highest BCUT2D eigenvalue weighted by atomic mass is 16.4. The molecule has 0 aliphatic carbocycles. The molecule has 0 fully saturated rings. The van der Waals surface area contributed by atoms with Crippen molar-refractivity contribution in [2.75, 3.05) is 0 Å². The Morgan fingerprint density at radius 1 is 1.35 bits per heavy atom. The summed E-state index contributed by atoms with van der Waals surface area (Å²) in [7, 11) is 0. The summed E-state index contributed by atoms with van der Waals surface area (Å²) in [4.78, 5) is 15.4. The van der Waals surface area contributed by atoms with Gasteiger partial charge in [-0.25, -0.2) is 4.98 Å². The lowest BCUT2D eigenvalue weighted by atomic mass is 10.1. The number of benzene rings is 1. The van der Waals surface area contributed by atoms with Crippen LogP contribution in [0.3, 0.4) is 0 Å². The zero-order valence-corrected chi connectivity index (χ0v) is 10.3. The fraction of sp³-hybridized carbons (Fsp3) is 0.385. The van der Waals surface area contributed by atoms with E-state index in [1.165, 1.54) is 5.56 Å². The van der Waals surface area contributed by atoms with Crippen LogP contribution in [-0.2, 0) is 17.8 Å². The van der Waals surface area contributed by atoms with Gasteiger partial charge in [-0.3, -0.25) is 4.79 Å². The van der Waals surface area contributed by atoms with E-state index in [4.69, 9.17) is 5.11 Å². The van der Waals surface area contributed by atoms with Gasteiger partial charge in [-0.15, -0.1) is 0 Å². The van der Waals surface area contributed by atoms with Gasteiger partial charge < -0.3 is 9.67 Å². The third-order valence-corrected chi connectivity index (χ3v) is 3.05. The number of aromatic nitrogens is 2. The molecule has 1 heterocycles. The summed E-state index contributed by atoms with van der Waals surface area (Å²) >= 11 is 0. The van der Waals surface area contributed by atoms with Crippen LogP contribution < -0.4 is 0 Å². The molecule has 0 saturated heterocycles. The van der Waals surface area contributed by atoms with Crippen molar-refractivity contribution in [3.8, 4) is 0 Å². The van der Waals surface area contributed by atoms with Crippen molar-refractivity contribution in [2.24, 2.45) is 0 Å². The average molecular weight is 232 g/mol. The molecule has 0 aliphatic heterocycles. The molecule has 0 bridgehead atoms. The van der Waals surface area contributed by atoms with Gasteiger partial charge >= 0.3 is 5.97 Å². The van der Waals surface area contributed by atoms with E-state index in [1.807, 2.05) is 32.9 Å². The number of hydrogen-bond donors (Lipinski definition) is 1. The molecule has 0 atom stereocenters. The maximum Gasteiger partial charge on any atom is 0.323 e. The van der Waals surface area contributed by atoms with Crippen LogP contribution in [0, 0.1) is 13.8 Å². The Morgan fingerprint density at radius 2 is 2.00 bits per heavy atom. The monoisotopic (exact) mass is 232 g/mol. The predicted octanol–water partition coefficient (Wildman–Crippen LogP) is 2.30. The van der Waals surface area contributed by atoms with Crippen LogP contribution in [0.2, 0.25) is 0 Å². The van der Waals surface area contributed by atoms with Gasteiger partial charge in [-0.1, -0.05) is 6.92 Å². The molecule has 0 amide bonds. The Hall–Kier alpha value is -1.84. The van der Waals surface area contributed by atoms with E-state index in [9.17, 15) is 4.79 Å². The molecule has 0 spiro atoms. The average Bonchev–Trinajstić information content (AvgIpc) is 2.57. The van der Waals surface area contributed by atoms with Crippen LogP contribution in [0.4, 0.5) is 0 Å². The summed E-state index contributed by atoms with van der Waals surface area (Å²) in [5, 5.41) is 8.94. The van der Waals surface area contributed by atoms with Gasteiger partial charge in [0.1, 0.15) is 12.4 Å².